The number of aliphatic hydroxyl groups excluding tert-OH is 1. The van der Waals surface area contributed by atoms with Crippen molar-refractivity contribution in [1.82, 2.24) is 0 Å². The molecule has 0 aromatic heterocycles. The number of esters is 3. The first-order chi connectivity index (χ1) is 9.72. The number of carbonyl (C=O) groups is 3. The Morgan fingerprint density at radius 2 is 1.57 bits per heavy atom. The van der Waals surface area contributed by atoms with Gasteiger partial charge in [-0.2, -0.15) is 0 Å². The largest absolute Gasteiger partial charge is 0.463 e. The van der Waals surface area contributed by atoms with Crippen LogP contribution in [0.3, 0.4) is 0 Å². The van der Waals surface area contributed by atoms with Gasteiger partial charge in [-0.05, 0) is 0 Å². The third-order valence-corrected chi connectivity index (χ3v) is 2.77. The second-order valence-corrected chi connectivity index (χ2v) is 4.59. The van der Waals surface area contributed by atoms with Gasteiger partial charge in [0, 0.05) is 20.8 Å². The Morgan fingerprint density at radius 3 is 2.05 bits per heavy atom. The standard InChI is InChI=1S/C12H19NO8/c1-5(14)18-4-8-10(19-6(2)15)11(20-7(3)16)9(13)12(17)21-8/h8-12,17H,4,13H2,1-3H3/t8?,9-,10+,11?,12+/m0/s1. The van der Waals surface area contributed by atoms with Gasteiger partial charge in [-0.15, -0.1) is 0 Å². The van der Waals surface area contributed by atoms with Gasteiger partial charge in [-0.3, -0.25) is 14.4 Å². The van der Waals surface area contributed by atoms with E-state index in [1.54, 1.807) is 0 Å². The molecule has 1 aliphatic heterocycles. The van der Waals surface area contributed by atoms with Crippen LogP contribution >= 0.6 is 0 Å². The van der Waals surface area contributed by atoms with E-state index in [4.69, 9.17) is 24.7 Å². The molecule has 120 valence electrons. The molecule has 1 aliphatic rings. The average Bonchev–Trinajstić information content (AvgIpc) is 2.35. The van der Waals surface area contributed by atoms with Crippen LogP contribution in [0, 0.1) is 0 Å². The first kappa shape index (κ1) is 17.3. The highest BCUT2D eigenvalue weighted by atomic mass is 16.7. The third kappa shape index (κ3) is 4.96. The van der Waals surface area contributed by atoms with Crippen molar-refractivity contribution in [2.24, 2.45) is 5.73 Å². The lowest BCUT2D eigenvalue weighted by Crippen LogP contribution is -2.64. The number of nitrogens with two attached hydrogens (primary N) is 1. The van der Waals surface area contributed by atoms with Gasteiger partial charge in [-0.1, -0.05) is 0 Å². The summed E-state index contributed by atoms with van der Waals surface area (Å²) in [5.41, 5.74) is 5.70. The minimum atomic E-state index is -1.46. The number of hydrogen-bond acceptors (Lipinski definition) is 9. The Labute approximate surface area is 121 Å². The fourth-order valence-electron chi connectivity index (χ4n) is 1.95. The highest BCUT2D eigenvalue weighted by Gasteiger charge is 2.48. The van der Waals surface area contributed by atoms with E-state index in [0.29, 0.717) is 0 Å². The molecule has 0 aliphatic carbocycles. The summed E-state index contributed by atoms with van der Waals surface area (Å²) in [5, 5.41) is 9.73. The van der Waals surface area contributed by atoms with Gasteiger partial charge < -0.3 is 29.8 Å². The fourth-order valence-corrected chi connectivity index (χ4v) is 1.95. The predicted octanol–water partition coefficient (Wildman–Crippen LogP) is -1.54. The van der Waals surface area contributed by atoms with Crippen LogP contribution in [-0.2, 0) is 33.3 Å². The molecule has 0 aromatic carbocycles. The number of aliphatic hydroxyl groups is 1. The van der Waals surface area contributed by atoms with Gasteiger partial charge in [0.15, 0.2) is 18.5 Å². The maximum Gasteiger partial charge on any atom is 0.303 e. The summed E-state index contributed by atoms with van der Waals surface area (Å²) in [6.45, 7) is 3.22. The zero-order valence-electron chi connectivity index (χ0n) is 12.0. The van der Waals surface area contributed by atoms with Crippen LogP contribution in [0.2, 0.25) is 0 Å². The van der Waals surface area contributed by atoms with Crippen LogP contribution in [0.5, 0.6) is 0 Å². The summed E-state index contributed by atoms with van der Waals surface area (Å²) >= 11 is 0. The number of hydrogen-bond donors (Lipinski definition) is 2. The molecule has 21 heavy (non-hydrogen) atoms. The van der Waals surface area contributed by atoms with Crippen LogP contribution < -0.4 is 5.73 Å². The number of rotatable bonds is 4. The van der Waals surface area contributed by atoms with Crippen molar-refractivity contribution in [1.29, 1.82) is 0 Å². The van der Waals surface area contributed by atoms with E-state index in [1.807, 2.05) is 0 Å². The molecule has 1 heterocycles. The zero-order chi connectivity index (χ0) is 16.2. The van der Waals surface area contributed by atoms with Crippen LogP contribution in [0.4, 0.5) is 0 Å². The van der Waals surface area contributed by atoms with Gasteiger partial charge in [-0.25, -0.2) is 0 Å². The monoisotopic (exact) mass is 305 g/mol. The van der Waals surface area contributed by atoms with E-state index in [9.17, 15) is 19.5 Å². The summed E-state index contributed by atoms with van der Waals surface area (Å²) < 4.78 is 20.0. The Hall–Kier alpha value is -1.71. The molecule has 0 aromatic rings. The van der Waals surface area contributed by atoms with Crippen molar-refractivity contribution in [3.63, 3.8) is 0 Å². The van der Waals surface area contributed by atoms with Crippen molar-refractivity contribution in [3.8, 4) is 0 Å². The maximum atomic E-state index is 11.2. The summed E-state index contributed by atoms with van der Waals surface area (Å²) in [7, 11) is 0. The summed E-state index contributed by atoms with van der Waals surface area (Å²) in [5.74, 6) is -1.89. The Bertz CT molecular complexity index is 412. The lowest BCUT2D eigenvalue weighted by Gasteiger charge is -2.41. The second kappa shape index (κ2) is 7.34. The topological polar surface area (TPSA) is 134 Å². The minimum Gasteiger partial charge on any atom is -0.463 e. The van der Waals surface area contributed by atoms with Gasteiger partial charge in [0.2, 0.25) is 0 Å². The Morgan fingerprint density at radius 1 is 1.05 bits per heavy atom. The van der Waals surface area contributed by atoms with Gasteiger partial charge in [0.25, 0.3) is 0 Å². The van der Waals surface area contributed by atoms with Gasteiger partial charge in [0.05, 0.1) is 6.04 Å². The fraction of sp³-hybridized carbons (Fsp3) is 0.750. The van der Waals surface area contributed by atoms with Crippen LogP contribution in [-0.4, -0.2) is 60.3 Å². The molecule has 0 amide bonds. The zero-order valence-corrected chi connectivity index (χ0v) is 12.0. The van der Waals surface area contributed by atoms with Crippen molar-refractivity contribution in [2.45, 2.75) is 51.4 Å². The molecule has 5 atom stereocenters. The molecule has 1 rings (SSSR count). The summed E-state index contributed by atoms with van der Waals surface area (Å²) in [4.78, 5) is 33.2. The maximum absolute atomic E-state index is 11.2. The lowest BCUT2D eigenvalue weighted by atomic mass is 9.97. The molecule has 9 nitrogen and oxygen atoms in total. The van der Waals surface area contributed by atoms with Crippen molar-refractivity contribution < 1.29 is 38.4 Å². The third-order valence-electron chi connectivity index (χ3n) is 2.77. The molecule has 0 spiro atoms. The highest BCUT2D eigenvalue weighted by molar-refractivity contribution is 5.67. The quantitative estimate of drug-likeness (QED) is 0.468. The predicted molar refractivity (Wildman–Crippen MR) is 66.6 cm³/mol. The minimum absolute atomic E-state index is 0.283. The average molecular weight is 305 g/mol. The van der Waals surface area contributed by atoms with E-state index in [2.05, 4.69) is 0 Å². The van der Waals surface area contributed by atoms with Crippen molar-refractivity contribution >= 4 is 17.9 Å². The molecule has 1 fully saturated rings. The van der Waals surface area contributed by atoms with Gasteiger partial charge in [0.1, 0.15) is 12.7 Å². The van der Waals surface area contributed by atoms with Crippen LogP contribution in [0.25, 0.3) is 0 Å². The van der Waals surface area contributed by atoms with E-state index in [1.165, 1.54) is 6.92 Å². The Kier molecular flexibility index (Phi) is 6.06. The summed E-state index contributed by atoms with van der Waals surface area (Å²) in [6, 6.07) is -1.10. The van der Waals surface area contributed by atoms with E-state index >= 15 is 0 Å². The number of ether oxygens (including phenoxy) is 4. The molecule has 9 heteroatoms. The lowest BCUT2D eigenvalue weighted by molar-refractivity contribution is -0.260. The van der Waals surface area contributed by atoms with Crippen molar-refractivity contribution in [3.05, 3.63) is 0 Å². The molecule has 2 unspecified atom stereocenters. The molecule has 0 bridgehead atoms. The van der Waals surface area contributed by atoms with E-state index < -0.39 is 48.6 Å². The van der Waals surface area contributed by atoms with Gasteiger partial charge >= 0.3 is 17.9 Å². The van der Waals surface area contributed by atoms with Crippen LogP contribution in [0.1, 0.15) is 20.8 Å². The highest BCUT2D eigenvalue weighted by Crippen LogP contribution is 2.24. The molecule has 1 saturated heterocycles. The van der Waals surface area contributed by atoms with Crippen molar-refractivity contribution in [2.75, 3.05) is 6.61 Å². The Balaban J connectivity index is 2.94. The first-order valence-electron chi connectivity index (χ1n) is 6.29. The normalized spacial score (nSPS) is 32.1. The molecule has 0 saturated carbocycles. The van der Waals surface area contributed by atoms with Crippen LogP contribution in [0.15, 0.2) is 0 Å². The number of carbonyl (C=O) groups excluding carboxylic acids is 3. The molecular weight excluding hydrogens is 286 g/mol. The first-order valence-corrected chi connectivity index (χ1v) is 6.29. The second-order valence-electron chi connectivity index (χ2n) is 4.59. The van der Waals surface area contributed by atoms with E-state index in [0.717, 1.165) is 13.8 Å². The molecule has 3 N–H and O–H groups in total. The SMILES string of the molecule is CC(=O)OCC1O[C@@H](O)[C@@H](N)C(OC(C)=O)[C@@H]1OC(C)=O. The molecular formula is C12H19NO8. The molecule has 0 radical (unpaired) electrons. The van der Waals surface area contributed by atoms with E-state index in [-0.39, 0.29) is 6.61 Å². The smallest absolute Gasteiger partial charge is 0.303 e. The summed E-state index contributed by atoms with van der Waals surface area (Å²) in [6.07, 6.45) is -4.67.